The maximum atomic E-state index is 13.0. The Balaban J connectivity index is 1.96. The second-order valence-electron chi connectivity index (χ2n) is 4.56. The summed E-state index contributed by atoms with van der Waals surface area (Å²) < 4.78 is 17.7. The molecule has 2 rings (SSSR count). The molecule has 9 heteroatoms. The first-order valence-electron chi connectivity index (χ1n) is 6.53. The molecule has 0 aliphatic heterocycles. The van der Waals surface area contributed by atoms with Gasteiger partial charge in [0.05, 0.1) is 10.5 Å². The van der Waals surface area contributed by atoms with Gasteiger partial charge < -0.3 is 10.1 Å². The van der Waals surface area contributed by atoms with Gasteiger partial charge in [-0.05, 0) is 30.3 Å². The van der Waals surface area contributed by atoms with Crippen LogP contribution in [-0.2, 0) is 9.53 Å². The number of carbonyl (C=O) groups excluding carboxylic acids is 2. The number of halogens is 2. The fraction of sp³-hybridized carbons (Fsp3) is 0.0667. The van der Waals surface area contributed by atoms with E-state index in [-0.39, 0.29) is 16.3 Å². The minimum atomic E-state index is -0.927. The Kier molecular flexibility index (Phi) is 5.43. The van der Waals surface area contributed by atoms with Crippen molar-refractivity contribution in [1.82, 2.24) is 0 Å². The van der Waals surface area contributed by atoms with Gasteiger partial charge in [-0.3, -0.25) is 14.9 Å². The quantitative estimate of drug-likeness (QED) is 0.506. The van der Waals surface area contributed by atoms with Crippen LogP contribution in [0.5, 0.6) is 0 Å². The smallest absolute Gasteiger partial charge is 0.338 e. The minimum Gasteiger partial charge on any atom is -0.452 e. The SMILES string of the molecule is O=C(COC(=O)c1ccc(Cl)c([N+](=O)[O-])c1)Nc1cccc(F)c1. The van der Waals surface area contributed by atoms with E-state index in [1.165, 1.54) is 30.3 Å². The van der Waals surface area contributed by atoms with Gasteiger partial charge in [0.1, 0.15) is 10.8 Å². The summed E-state index contributed by atoms with van der Waals surface area (Å²) in [6, 6.07) is 8.56. The number of amides is 1. The highest BCUT2D eigenvalue weighted by molar-refractivity contribution is 6.32. The van der Waals surface area contributed by atoms with Crippen molar-refractivity contribution in [2.75, 3.05) is 11.9 Å². The van der Waals surface area contributed by atoms with E-state index in [9.17, 15) is 24.1 Å². The molecule has 0 heterocycles. The number of nitro groups is 1. The lowest BCUT2D eigenvalue weighted by Gasteiger charge is -2.07. The minimum absolute atomic E-state index is 0.121. The Bertz CT molecular complexity index is 812. The third-order valence-electron chi connectivity index (χ3n) is 2.82. The number of hydrogen-bond donors (Lipinski definition) is 1. The van der Waals surface area contributed by atoms with Crippen molar-refractivity contribution in [3.8, 4) is 0 Å². The fourth-order valence-corrected chi connectivity index (χ4v) is 1.94. The number of nitro benzene ring substituents is 1. The number of benzene rings is 2. The second-order valence-corrected chi connectivity index (χ2v) is 4.97. The van der Waals surface area contributed by atoms with Crippen LogP contribution in [0.3, 0.4) is 0 Å². The number of esters is 1. The molecule has 7 nitrogen and oxygen atoms in total. The zero-order valence-electron chi connectivity index (χ0n) is 12.0. The molecule has 2 aromatic carbocycles. The molecule has 0 saturated heterocycles. The van der Waals surface area contributed by atoms with Crippen LogP contribution in [0.2, 0.25) is 5.02 Å². The molecule has 24 heavy (non-hydrogen) atoms. The van der Waals surface area contributed by atoms with Crippen LogP contribution in [0.1, 0.15) is 10.4 Å². The maximum Gasteiger partial charge on any atom is 0.338 e. The standard InChI is InChI=1S/C15H10ClFN2O5/c16-12-5-4-9(6-13(12)19(22)23)15(21)24-8-14(20)18-11-3-1-2-10(17)7-11/h1-7H,8H2,(H,18,20). The summed E-state index contributed by atoms with van der Waals surface area (Å²) >= 11 is 5.64. The summed E-state index contributed by atoms with van der Waals surface area (Å²) in [6.45, 7) is -0.633. The van der Waals surface area contributed by atoms with Crippen LogP contribution in [0.25, 0.3) is 0 Å². The summed E-state index contributed by atoms with van der Waals surface area (Å²) in [5, 5.41) is 13.0. The highest BCUT2D eigenvalue weighted by Gasteiger charge is 2.18. The van der Waals surface area contributed by atoms with Gasteiger partial charge in [0.25, 0.3) is 11.6 Å². The Hall–Kier alpha value is -3.00. The van der Waals surface area contributed by atoms with Crippen LogP contribution in [0.15, 0.2) is 42.5 Å². The molecular weight excluding hydrogens is 343 g/mol. The number of carbonyl (C=O) groups is 2. The van der Waals surface area contributed by atoms with E-state index in [1.54, 1.807) is 0 Å². The molecule has 0 unspecified atom stereocenters. The maximum absolute atomic E-state index is 13.0. The number of nitrogens with zero attached hydrogens (tertiary/aromatic N) is 1. The van der Waals surface area contributed by atoms with Crippen molar-refractivity contribution >= 4 is 34.9 Å². The van der Waals surface area contributed by atoms with E-state index in [0.29, 0.717) is 0 Å². The van der Waals surface area contributed by atoms with Gasteiger partial charge in [0.2, 0.25) is 0 Å². The van der Waals surface area contributed by atoms with Crippen molar-refractivity contribution in [3.05, 3.63) is 69.0 Å². The second kappa shape index (κ2) is 7.51. The molecule has 124 valence electrons. The van der Waals surface area contributed by atoms with E-state index in [1.807, 2.05) is 0 Å². The monoisotopic (exact) mass is 352 g/mol. The van der Waals surface area contributed by atoms with Crippen molar-refractivity contribution in [2.24, 2.45) is 0 Å². The number of hydrogen-bond acceptors (Lipinski definition) is 5. The van der Waals surface area contributed by atoms with Gasteiger partial charge in [-0.1, -0.05) is 17.7 Å². The molecule has 0 aliphatic rings. The summed E-state index contributed by atoms with van der Waals surface area (Å²) in [5.74, 6) is -2.14. The highest BCUT2D eigenvalue weighted by atomic mass is 35.5. The van der Waals surface area contributed by atoms with Crippen LogP contribution >= 0.6 is 11.6 Å². The summed E-state index contributed by atoms with van der Waals surface area (Å²) in [6.07, 6.45) is 0. The number of rotatable bonds is 5. The molecule has 0 radical (unpaired) electrons. The topological polar surface area (TPSA) is 98.5 Å². The van der Waals surface area contributed by atoms with Gasteiger partial charge in [0, 0.05) is 11.8 Å². The summed E-state index contributed by atoms with van der Waals surface area (Å²) in [4.78, 5) is 33.5. The molecule has 0 atom stereocenters. The molecular formula is C15H10ClFN2O5. The Labute approximate surface area is 140 Å². The predicted molar refractivity (Wildman–Crippen MR) is 83.4 cm³/mol. The molecule has 1 amide bonds. The lowest BCUT2D eigenvalue weighted by Crippen LogP contribution is -2.21. The lowest BCUT2D eigenvalue weighted by atomic mass is 10.2. The van der Waals surface area contributed by atoms with Crippen LogP contribution in [0.4, 0.5) is 15.8 Å². The molecule has 1 N–H and O–H groups in total. The molecule has 0 bridgehead atoms. The number of nitrogens with one attached hydrogen (secondary N) is 1. The molecule has 0 aliphatic carbocycles. The van der Waals surface area contributed by atoms with Gasteiger partial charge in [-0.2, -0.15) is 0 Å². The third kappa shape index (κ3) is 4.50. The molecule has 0 fully saturated rings. The normalized spacial score (nSPS) is 10.1. The van der Waals surface area contributed by atoms with Crippen LogP contribution in [0, 0.1) is 15.9 Å². The third-order valence-corrected chi connectivity index (χ3v) is 3.14. The largest absolute Gasteiger partial charge is 0.452 e. The lowest BCUT2D eigenvalue weighted by molar-refractivity contribution is -0.384. The molecule has 0 aromatic heterocycles. The van der Waals surface area contributed by atoms with Gasteiger partial charge in [-0.25, -0.2) is 9.18 Å². The van der Waals surface area contributed by atoms with Gasteiger partial charge in [-0.15, -0.1) is 0 Å². The number of ether oxygens (including phenoxy) is 1. The van der Waals surface area contributed by atoms with Crippen molar-refractivity contribution < 1.29 is 23.6 Å². The predicted octanol–water partition coefficient (Wildman–Crippen LogP) is 3.18. The van der Waals surface area contributed by atoms with E-state index >= 15 is 0 Å². The highest BCUT2D eigenvalue weighted by Crippen LogP contribution is 2.25. The first-order chi connectivity index (χ1) is 11.4. The van der Waals surface area contributed by atoms with Crippen LogP contribution < -0.4 is 5.32 Å². The van der Waals surface area contributed by atoms with Crippen molar-refractivity contribution in [3.63, 3.8) is 0 Å². The van der Waals surface area contributed by atoms with Crippen molar-refractivity contribution in [1.29, 1.82) is 0 Å². The molecule has 2 aromatic rings. The first-order valence-corrected chi connectivity index (χ1v) is 6.91. The van der Waals surface area contributed by atoms with Crippen molar-refractivity contribution in [2.45, 2.75) is 0 Å². The summed E-state index contributed by atoms with van der Waals surface area (Å²) in [7, 11) is 0. The van der Waals surface area contributed by atoms with Gasteiger partial charge in [0.15, 0.2) is 6.61 Å². The zero-order valence-corrected chi connectivity index (χ0v) is 12.7. The summed E-state index contributed by atoms with van der Waals surface area (Å²) in [5.41, 5.74) is -0.363. The Morgan fingerprint density at radius 2 is 2.00 bits per heavy atom. The molecule has 0 spiro atoms. The number of anilines is 1. The van der Waals surface area contributed by atoms with E-state index in [2.05, 4.69) is 5.32 Å². The zero-order chi connectivity index (χ0) is 17.7. The average Bonchev–Trinajstić information content (AvgIpc) is 2.52. The van der Waals surface area contributed by atoms with E-state index in [4.69, 9.17) is 16.3 Å². The molecule has 0 saturated carbocycles. The Morgan fingerprint density at radius 3 is 2.67 bits per heavy atom. The van der Waals surface area contributed by atoms with E-state index in [0.717, 1.165) is 12.1 Å². The van der Waals surface area contributed by atoms with Crippen LogP contribution in [-0.4, -0.2) is 23.4 Å². The Morgan fingerprint density at radius 1 is 1.25 bits per heavy atom. The first kappa shape index (κ1) is 17.4. The van der Waals surface area contributed by atoms with Gasteiger partial charge >= 0.3 is 5.97 Å². The fourth-order valence-electron chi connectivity index (χ4n) is 1.76. The van der Waals surface area contributed by atoms with E-state index < -0.39 is 34.9 Å². The average molecular weight is 353 g/mol.